The summed E-state index contributed by atoms with van der Waals surface area (Å²) in [7, 11) is 1.56. The van der Waals surface area contributed by atoms with Crippen molar-refractivity contribution in [3.8, 4) is 5.75 Å². The van der Waals surface area contributed by atoms with E-state index in [1.165, 1.54) is 0 Å². The van der Waals surface area contributed by atoms with Crippen LogP contribution in [0.15, 0.2) is 53.0 Å². The van der Waals surface area contributed by atoms with Gasteiger partial charge in [0.15, 0.2) is 5.11 Å². The van der Waals surface area contributed by atoms with Crippen molar-refractivity contribution in [3.63, 3.8) is 0 Å². The summed E-state index contributed by atoms with van der Waals surface area (Å²) in [5.74, 6) is -0.0180. The Labute approximate surface area is 184 Å². The number of thiocarbonyl (C=S) groups is 1. The summed E-state index contributed by atoms with van der Waals surface area (Å²) in [4.78, 5) is 26.2. The molecule has 2 rings (SSSR count). The lowest BCUT2D eigenvalue weighted by atomic mass is 10.2. The van der Waals surface area contributed by atoms with Gasteiger partial charge in [0, 0.05) is 18.7 Å². The summed E-state index contributed by atoms with van der Waals surface area (Å²) >= 11 is 8.83. The number of carbonyl (C=O) groups excluding carboxylic acids is 2. The summed E-state index contributed by atoms with van der Waals surface area (Å²) in [6, 6.07) is 14.7. The van der Waals surface area contributed by atoms with E-state index in [9.17, 15) is 9.59 Å². The van der Waals surface area contributed by atoms with Gasteiger partial charge in [0.2, 0.25) is 0 Å². The lowest BCUT2D eigenvalue weighted by molar-refractivity contribution is -0.143. The van der Waals surface area contributed by atoms with Crippen molar-refractivity contribution in [1.29, 1.82) is 0 Å². The average molecular weight is 479 g/mol. The van der Waals surface area contributed by atoms with Crippen LogP contribution in [-0.4, -0.2) is 42.2 Å². The van der Waals surface area contributed by atoms with Crippen molar-refractivity contribution < 1.29 is 19.1 Å². The number of hydrogen-bond donors (Lipinski definition) is 1. The predicted octanol–water partition coefficient (Wildman–Crippen LogP) is 3.93. The second kappa shape index (κ2) is 11.5. The van der Waals surface area contributed by atoms with Crippen LogP contribution in [0.4, 0.5) is 0 Å². The molecule has 2 aromatic carbocycles. The second-order valence-corrected chi connectivity index (χ2v) is 7.31. The standard InChI is InChI=1S/C21H23BrN2O4S/c1-3-28-19(25)11-12-24(14-15-7-5-4-6-8-15)21(29)23-20(26)16-9-10-18(27-2)17(22)13-16/h4-10,13H,3,11-12,14H2,1-2H3,(H,23,26,29). The number of ether oxygens (including phenoxy) is 2. The Morgan fingerprint density at radius 1 is 1.17 bits per heavy atom. The molecule has 1 amide bonds. The van der Waals surface area contributed by atoms with Crippen LogP contribution in [-0.2, 0) is 16.1 Å². The highest BCUT2D eigenvalue weighted by Gasteiger charge is 2.17. The van der Waals surface area contributed by atoms with Gasteiger partial charge >= 0.3 is 5.97 Å². The number of benzene rings is 2. The largest absolute Gasteiger partial charge is 0.496 e. The van der Waals surface area contributed by atoms with Crippen molar-refractivity contribution in [1.82, 2.24) is 10.2 Å². The van der Waals surface area contributed by atoms with Crippen LogP contribution < -0.4 is 10.1 Å². The highest BCUT2D eigenvalue weighted by Crippen LogP contribution is 2.25. The predicted molar refractivity (Wildman–Crippen MR) is 119 cm³/mol. The lowest BCUT2D eigenvalue weighted by Gasteiger charge is -2.25. The highest BCUT2D eigenvalue weighted by molar-refractivity contribution is 9.10. The van der Waals surface area contributed by atoms with E-state index in [1.54, 1.807) is 37.1 Å². The quantitative estimate of drug-likeness (QED) is 0.457. The summed E-state index contributed by atoms with van der Waals surface area (Å²) in [5.41, 5.74) is 1.45. The molecular formula is C21H23BrN2O4S. The van der Waals surface area contributed by atoms with Crippen LogP contribution in [0.5, 0.6) is 5.75 Å². The number of halogens is 1. The van der Waals surface area contributed by atoms with Gasteiger partial charge in [-0.2, -0.15) is 0 Å². The monoisotopic (exact) mass is 478 g/mol. The lowest BCUT2D eigenvalue weighted by Crippen LogP contribution is -2.43. The maximum atomic E-state index is 12.6. The first-order chi connectivity index (χ1) is 13.9. The van der Waals surface area contributed by atoms with Gasteiger partial charge in [-0.3, -0.25) is 14.9 Å². The topological polar surface area (TPSA) is 67.9 Å². The van der Waals surface area contributed by atoms with Crippen LogP contribution in [0.2, 0.25) is 0 Å². The molecule has 0 heterocycles. The Morgan fingerprint density at radius 3 is 2.52 bits per heavy atom. The summed E-state index contributed by atoms with van der Waals surface area (Å²) in [6.45, 7) is 2.88. The zero-order valence-electron chi connectivity index (χ0n) is 16.3. The third-order valence-corrected chi connectivity index (χ3v) is 5.01. The molecule has 29 heavy (non-hydrogen) atoms. The number of hydrogen-bond acceptors (Lipinski definition) is 5. The van der Waals surface area contributed by atoms with Crippen molar-refractivity contribution in [2.45, 2.75) is 19.9 Å². The molecule has 0 aromatic heterocycles. The van der Waals surface area contributed by atoms with E-state index in [0.29, 0.717) is 35.5 Å². The number of nitrogens with one attached hydrogen (secondary N) is 1. The van der Waals surface area contributed by atoms with E-state index >= 15 is 0 Å². The van der Waals surface area contributed by atoms with Crippen LogP contribution in [0, 0.1) is 0 Å². The summed E-state index contributed by atoms with van der Waals surface area (Å²) in [6.07, 6.45) is 0.171. The number of rotatable bonds is 8. The molecule has 1 N–H and O–H groups in total. The molecule has 6 nitrogen and oxygen atoms in total. The number of amides is 1. The van der Waals surface area contributed by atoms with E-state index in [0.717, 1.165) is 5.56 Å². The van der Waals surface area contributed by atoms with Gasteiger partial charge in [-0.25, -0.2) is 0 Å². The van der Waals surface area contributed by atoms with Gasteiger partial charge < -0.3 is 14.4 Å². The number of nitrogens with zero attached hydrogens (tertiary/aromatic N) is 1. The number of carbonyl (C=O) groups is 2. The molecule has 0 aliphatic rings. The fourth-order valence-corrected chi connectivity index (χ4v) is 3.36. The fourth-order valence-electron chi connectivity index (χ4n) is 2.57. The molecule has 0 spiro atoms. The molecule has 0 saturated heterocycles. The first-order valence-corrected chi connectivity index (χ1v) is 10.3. The van der Waals surface area contributed by atoms with E-state index < -0.39 is 0 Å². The molecule has 8 heteroatoms. The normalized spacial score (nSPS) is 10.2. The van der Waals surface area contributed by atoms with Gasteiger partial charge in [-0.15, -0.1) is 0 Å². The third kappa shape index (κ3) is 7.14. The Bertz CT molecular complexity index is 861. The minimum Gasteiger partial charge on any atom is -0.496 e. The van der Waals surface area contributed by atoms with E-state index in [4.69, 9.17) is 21.7 Å². The maximum absolute atomic E-state index is 12.6. The first-order valence-electron chi connectivity index (χ1n) is 9.08. The number of methoxy groups -OCH3 is 1. The van der Waals surface area contributed by atoms with Gasteiger partial charge in [0.1, 0.15) is 5.75 Å². The van der Waals surface area contributed by atoms with Crippen LogP contribution >= 0.6 is 28.1 Å². The molecule has 0 fully saturated rings. The van der Waals surface area contributed by atoms with Crippen LogP contribution in [0.3, 0.4) is 0 Å². The molecule has 2 aromatic rings. The van der Waals surface area contributed by atoms with Crippen molar-refractivity contribution in [3.05, 3.63) is 64.1 Å². The molecule has 0 bridgehead atoms. The molecule has 154 valence electrons. The molecule has 0 unspecified atom stereocenters. The Hall–Kier alpha value is -2.45. The molecule has 0 saturated carbocycles. The Kier molecular flexibility index (Phi) is 9.08. The SMILES string of the molecule is CCOC(=O)CCN(Cc1ccccc1)C(=S)NC(=O)c1ccc(OC)c(Br)c1. The highest BCUT2D eigenvalue weighted by atomic mass is 79.9. The maximum Gasteiger partial charge on any atom is 0.307 e. The van der Waals surface area contributed by atoms with Crippen LogP contribution in [0.1, 0.15) is 29.3 Å². The van der Waals surface area contributed by atoms with Crippen LogP contribution in [0.25, 0.3) is 0 Å². The molecule has 0 aliphatic carbocycles. The fraction of sp³-hybridized carbons (Fsp3) is 0.286. The summed E-state index contributed by atoms with van der Waals surface area (Å²) < 4.78 is 10.8. The summed E-state index contributed by atoms with van der Waals surface area (Å²) in [5, 5.41) is 2.99. The zero-order chi connectivity index (χ0) is 21.2. The van der Waals surface area contributed by atoms with Crippen molar-refractivity contribution in [2.75, 3.05) is 20.3 Å². The van der Waals surface area contributed by atoms with Gasteiger partial charge in [0.25, 0.3) is 5.91 Å². The third-order valence-electron chi connectivity index (χ3n) is 4.03. The Balaban J connectivity index is 2.09. The van der Waals surface area contributed by atoms with E-state index in [2.05, 4.69) is 21.2 Å². The van der Waals surface area contributed by atoms with E-state index in [1.807, 2.05) is 30.3 Å². The smallest absolute Gasteiger partial charge is 0.307 e. The molecular weight excluding hydrogens is 456 g/mol. The molecule has 0 aliphatic heterocycles. The van der Waals surface area contributed by atoms with Crippen molar-refractivity contribution in [2.24, 2.45) is 0 Å². The minimum atomic E-state index is -0.340. The first kappa shape index (κ1) is 22.8. The van der Waals surface area contributed by atoms with Gasteiger partial charge in [-0.05, 0) is 58.8 Å². The molecule has 0 radical (unpaired) electrons. The minimum absolute atomic E-state index is 0.171. The van der Waals surface area contributed by atoms with Gasteiger partial charge in [-0.1, -0.05) is 30.3 Å². The Morgan fingerprint density at radius 2 is 1.90 bits per heavy atom. The number of esters is 1. The average Bonchev–Trinajstić information content (AvgIpc) is 2.71. The molecule has 0 atom stereocenters. The van der Waals surface area contributed by atoms with E-state index in [-0.39, 0.29) is 23.4 Å². The second-order valence-electron chi connectivity index (χ2n) is 6.07. The zero-order valence-corrected chi connectivity index (χ0v) is 18.7. The van der Waals surface area contributed by atoms with Crippen molar-refractivity contribution >= 4 is 45.1 Å². The van der Waals surface area contributed by atoms with Gasteiger partial charge in [0.05, 0.1) is 24.6 Å².